The average molecular weight is 992 g/mol. The quantitative estimate of drug-likeness (QED) is 0.0261. The largest absolute Gasteiger partial charge is 0.462 e. The normalized spacial score (nSPS) is 12.5. The van der Waals surface area contributed by atoms with Gasteiger partial charge >= 0.3 is 17.9 Å². The van der Waals surface area contributed by atoms with Crippen molar-refractivity contribution >= 4 is 17.9 Å². The van der Waals surface area contributed by atoms with Crippen molar-refractivity contribution in [2.45, 2.75) is 309 Å². The summed E-state index contributed by atoms with van der Waals surface area (Å²) in [6, 6.07) is 0. The molecule has 0 spiro atoms. The minimum Gasteiger partial charge on any atom is -0.462 e. The number of hydrogen-bond donors (Lipinski definition) is 0. The molecule has 71 heavy (non-hydrogen) atoms. The van der Waals surface area contributed by atoms with E-state index < -0.39 is 6.10 Å². The predicted octanol–water partition coefficient (Wildman–Crippen LogP) is 20.5. The molecule has 0 aromatic rings. The number of hydrogen-bond acceptors (Lipinski definition) is 6. The van der Waals surface area contributed by atoms with E-state index in [1.807, 2.05) is 0 Å². The van der Waals surface area contributed by atoms with Crippen LogP contribution in [0, 0.1) is 0 Å². The summed E-state index contributed by atoms with van der Waals surface area (Å²) < 4.78 is 16.9. The first kappa shape index (κ1) is 67.8. The van der Waals surface area contributed by atoms with Crippen LogP contribution in [-0.4, -0.2) is 37.2 Å². The molecule has 6 heteroatoms. The average Bonchev–Trinajstić information content (AvgIpc) is 3.37. The van der Waals surface area contributed by atoms with Crippen molar-refractivity contribution in [2.24, 2.45) is 0 Å². The fourth-order valence-corrected chi connectivity index (χ4v) is 8.65. The summed E-state index contributed by atoms with van der Waals surface area (Å²) in [4.78, 5) is 38.2. The smallest absolute Gasteiger partial charge is 0.306 e. The van der Waals surface area contributed by atoms with Gasteiger partial charge in [0.1, 0.15) is 13.2 Å². The van der Waals surface area contributed by atoms with Gasteiger partial charge in [-0.2, -0.15) is 0 Å². The maximum Gasteiger partial charge on any atom is 0.306 e. The zero-order valence-corrected chi connectivity index (χ0v) is 47.0. The summed E-state index contributed by atoms with van der Waals surface area (Å²) in [5, 5.41) is 0. The third-order valence-electron chi connectivity index (χ3n) is 13.2. The summed E-state index contributed by atoms with van der Waals surface area (Å²) >= 11 is 0. The van der Waals surface area contributed by atoms with Crippen LogP contribution in [0.5, 0.6) is 0 Å². The molecule has 0 unspecified atom stereocenters. The van der Waals surface area contributed by atoms with Crippen LogP contribution in [0.3, 0.4) is 0 Å². The minimum atomic E-state index is -0.804. The lowest BCUT2D eigenvalue weighted by Crippen LogP contribution is -2.30. The molecule has 0 saturated heterocycles. The highest BCUT2D eigenvalue weighted by Crippen LogP contribution is 2.16. The Labute approximate surface area is 440 Å². The van der Waals surface area contributed by atoms with E-state index in [1.54, 1.807) is 0 Å². The molecular formula is C65H114O6. The number of esters is 3. The van der Waals surface area contributed by atoms with Gasteiger partial charge in [-0.25, -0.2) is 0 Å². The second-order valence-corrected chi connectivity index (χ2v) is 20.2. The second-order valence-electron chi connectivity index (χ2n) is 20.2. The fourth-order valence-electron chi connectivity index (χ4n) is 8.65. The Balaban J connectivity index is 4.40. The summed E-state index contributed by atoms with van der Waals surface area (Å²) in [6.45, 7) is 6.51. The predicted molar refractivity (Wildman–Crippen MR) is 307 cm³/mol. The first-order chi connectivity index (χ1) is 35.0. The maximum absolute atomic E-state index is 12.9. The Morgan fingerprint density at radius 3 is 0.915 bits per heavy atom. The lowest BCUT2D eigenvalue weighted by Gasteiger charge is -2.18. The number of allylic oxidation sites excluding steroid dienone is 12. The lowest BCUT2D eigenvalue weighted by molar-refractivity contribution is -0.167. The zero-order chi connectivity index (χ0) is 51.4. The molecule has 0 fully saturated rings. The van der Waals surface area contributed by atoms with E-state index in [0.29, 0.717) is 19.3 Å². The van der Waals surface area contributed by atoms with Gasteiger partial charge in [-0.1, -0.05) is 273 Å². The summed E-state index contributed by atoms with van der Waals surface area (Å²) in [5.74, 6) is -0.941. The van der Waals surface area contributed by atoms with Gasteiger partial charge < -0.3 is 14.2 Å². The molecule has 6 nitrogen and oxygen atoms in total. The highest BCUT2D eigenvalue weighted by molar-refractivity contribution is 5.71. The minimum absolute atomic E-state index is 0.0952. The van der Waals surface area contributed by atoms with Crippen LogP contribution in [0.4, 0.5) is 0 Å². The number of rotatable bonds is 55. The van der Waals surface area contributed by atoms with Crippen LogP contribution in [0.2, 0.25) is 0 Å². The number of carbonyl (C=O) groups is 3. The van der Waals surface area contributed by atoms with E-state index >= 15 is 0 Å². The Hall–Kier alpha value is -3.15. The standard InChI is InChI=1S/C65H114O6/c1-4-7-10-13-16-19-22-25-28-30-31-32-33-35-37-40-43-46-49-52-55-58-64(67)70-61-62(60-69-63(66)57-54-51-48-45-42-39-36-27-24-21-18-15-12-9-6-3)71-65(68)59-56-53-50-47-44-41-38-34-29-26-23-20-17-14-11-8-5-2/h8,11,17,20,25-26,28-29,38,41,47,50,62H,4-7,9-10,12-16,18-19,21-24,27,30-37,39-40,42-46,48-49,51-61H2,1-3H3/b11-8-,20-17-,28-25-,29-26-,41-38-,50-47-/t62-/m0/s1. The van der Waals surface area contributed by atoms with Crippen molar-refractivity contribution in [3.8, 4) is 0 Å². The monoisotopic (exact) mass is 991 g/mol. The maximum atomic E-state index is 12.9. The Morgan fingerprint density at radius 2 is 0.563 bits per heavy atom. The van der Waals surface area contributed by atoms with Crippen molar-refractivity contribution in [1.82, 2.24) is 0 Å². The van der Waals surface area contributed by atoms with E-state index in [9.17, 15) is 14.4 Å². The topological polar surface area (TPSA) is 78.9 Å². The number of carbonyl (C=O) groups excluding carboxylic acids is 3. The van der Waals surface area contributed by atoms with Gasteiger partial charge in [0.15, 0.2) is 6.10 Å². The van der Waals surface area contributed by atoms with Crippen LogP contribution in [0.15, 0.2) is 72.9 Å². The fraction of sp³-hybridized carbons (Fsp3) is 0.769. The van der Waals surface area contributed by atoms with Crippen LogP contribution in [0.1, 0.15) is 303 Å². The molecule has 0 N–H and O–H groups in total. The van der Waals surface area contributed by atoms with Crippen molar-refractivity contribution < 1.29 is 28.6 Å². The van der Waals surface area contributed by atoms with E-state index in [0.717, 1.165) is 77.0 Å². The van der Waals surface area contributed by atoms with Crippen molar-refractivity contribution in [2.75, 3.05) is 13.2 Å². The van der Waals surface area contributed by atoms with Gasteiger partial charge in [0.2, 0.25) is 0 Å². The Bertz CT molecular complexity index is 1320. The van der Waals surface area contributed by atoms with Crippen LogP contribution >= 0.6 is 0 Å². The molecule has 0 amide bonds. The van der Waals surface area contributed by atoms with Crippen LogP contribution < -0.4 is 0 Å². The van der Waals surface area contributed by atoms with Crippen LogP contribution in [0.25, 0.3) is 0 Å². The number of ether oxygens (including phenoxy) is 3. The molecule has 0 aliphatic carbocycles. The second kappa shape index (κ2) is 59.4. The summed E-state index contributed by atoms with van der Waals surface area (Å²) in [7, 11) is 0. The van der Waals surface area contributed by atoms with Gasteiger partial charge in [0.25, 0.3) is 0 Å². The van der Waals surface area contributed by atoms with E-state index in [1.165, 1.54) is 180 Å². The summed E-state index contributed by atoms with van der Waals surface area (Å²) in [5.41, 5.74) is 0. The van der Waals surface area contributed by atoms with Gasteiger partial charge in [-0.05, 0) is 83.5 Å². The number of unbranched alkanes of at least 4 members (excludes halogenated alkanes) is 32. The third kappa shape index (κ3) is 57.6. The van der Waals surface area contributed by atoms with Crippen molar-refractivity contribution in [1.29, 1.82) is 0 Å². The molecule has 1 atom stereocenters. The van der Waals surface area contributed by atoms with Gasteiger partial charge in [-0.15, -0.1) is 0 Å². The van der Waals surface area contributed by atoms with Gasteiger partial charge in [0.05, 0.1) is 0 Å². The first-order valence-electron chi connectivity index (χ1n) is 30.4. The SMILES string of the molecule is CC/C=C\C/C=C\C/C=C\C/C=C\C/C=C\CCCC(=O)O[C@H](COC(=O)CCCCCCCCCCCCC/C=C\CCCCCCCC)COC(=O)CCCCCCCCCCCCCCCCC. The van der Waals surface area contributed by atoms with Crippen molar-refractivity contribution in [3.63, 3.8) is 0 Å². The van der Waals surface area contributed by atoms with Crippen molar-refractivity contribution in [3.05, 3.63) is 72.9 Å². The summed E-state index contributed by atoms with van der Waals surface area (Å²) in [6.07, 6.45) is 76.2. The van der Waals surface area contributed by atoms with Gasteiger partial charge in [-0.3, -0.25) is 14.4 Å². The molecule has 0 aromatic carbocycles. The molecule has 0 heterocycles. The highest BCUT2D eigenvalue weighted by atomic mass is 16.6. The van der Waals surface area contributed by atoms with Crippen LogP contribution in [-0.2, 0) is 28.6 Å². The third-order valence-corrected chi connectivity index (χ3v) is 13.2. The molecule has 0 bridgehead atoms. The Morgan fingerprint density at radius 1 is 0.296 bits per heavy atom. The molecule has 0 aliphatic heterocycles. The lowest BCUT2D eigenvalue weighted by atomic mass is 10.0. The van der Waals surface area contributed by atoms with E-state index in [4.69, 9.17) is 14.2 Å². The van der Waals surface area contributed by atoms with E-state index in [2.05, 4.69) is 93.7 Å². The molecule has 0 aromatic heterocycles. The Kier molecular flexibility index (Phi) is 56.8. The van der Waals surface area contributed by atoms with E-state index in [-0.39, 0.29) is 37.5 Å². The molecule has 0 radical (unpaired) electrons. The molecule has 410 valence electrons. The highest BCUT2D eigenvalue weighted by Gasteiger charge is 2.19. The van der Waals surface area contributed by atoms with Gasteiger partial charge in [0, 0.05) is 19.3 Å². The zero-order valence-electron chi connectivity index (χ0n) is 47.0. The molecule has 0 aliphatic rings. The first-order valence-corrected chi connectivity index (χ1v) is 30.4. The molecular weight excluding hydrogens is 877 g/mol. The molecule has 0 rings (SSSR count). The molecule has 0 saturated carbocycles.